The van der Waals surface area contributed by atoms with E-state index in [1.54, 1.807) is 0 Å². The van der Waals surface area contributed by atoms with E-state index in [-0.39, 0.29) is 16.5 Å². The van der Waals surface area contributed by atoms with Gasteiger partial charge in [-0.25, -0.2) is 0 Å². The van der Waals surface area contributed by atoms with Crippen LogP contribution in [-0.2, 0) is 9.59 Å². The SMILES string of the molecule is CC1C(=N)C(=O)C(Cl)=CC1=O. The van der Waals surface area contributed by atoms with Crippen LogP contribution in [0.15, 0.2) is 11.1 Å². The third kappa shape index (κ3) is 1.24. The maximum atomic E-state index is 10.9. The van der Waals surface area contributed by atoms with Gasteiger partial charge in [-0.2, -0.15) is 0 Å². The van der Waals surface area contributed by atoms with Crippen molar-refractivity contribution in [2.24, 2.45) is 5.92 Å². The Morgan fingerprint density at radius 2 is 2.09 bits per heavy atom. The lowest BCUT2D eigenvalue weighted by atomic mass is 9.92. The van der Waals surface area contributed by atoms with Crippen LogP contribution >= 0.6 is 11.6 Å². The fraction of sp³-hybridized carbons (Fsp3) is 0.286. The number of rotatable bonds is 0. The van der Waals surface area contributed by atoms with Gasteiger partial charge in [0.25, 0.3) is 0 Å². The predicted octanol–water partition coefficient (Wildman–Crippen LogP) is 0.917. The van der Waals surface area contributed by atoms with E-state index in [4.69, 9.17) is 17.0 Å². The first-order valence-electron chi connectivity index (χ1n) is 3.08. The minimum absolute atomic E-state index is 0.155. The lowest BCUT2D eigenvalue weighted by Gasteiger charge is -2.12. The van der Waals surface area contributed by atoms with E-state index in [9.17, 15) is 9.59 Å². The molecule has 0 aliphatic heterocycles. The molecule has 0 radical (unpaired) electrons. The van der Waals surface area contributed by atoms with Gasteiger partial charge >= 0.3 is 0 Å². The predicted molar refractivity (Wildman–Crippen MR) is 40.8 cm³/mol. The van der Waals surface area contributed by atoms with Gasteiger partial charge in [-0.3, -0.25) is 9.59 Å². The molecular weight excluding hydrogens is 166 g/mol. The molecule has 0 aromatic carbocycles. The molecule has 1 unspecified atom stereocenters. The smallest absolute Gasteiger partial charge is 0.218 e. The molecule has 0 aromatic rings. The van der Waals surface area contributed by atoms with Gasteiger partial charge in [0.15, 0.2) is 5.78 Å². The Kier molecular flexibility index (Phi) is 1.91. The zero-order chi connectivity index (χ0) is 8.59. The first kappa shape index (κ1) is 8.14. The third-order valence-electron chi connectivity index (χ3n) is 1.59. The normalized spacial score (nSPS) is 25.5. The Morgan fingerprint density at radius 1 is 1.55 bits per heavy atom. The second kappa shape index (κ2) is 2.58. The summed E-state index contributed by atoms with van der Waals surface area (Å²) in [4.78, 5) is 21.8. The Labute approximate surface area is 68.5 Å². The van der Waals surface area contributed by atoms with Crippen LogP contribution in [0.1, 0.15) is 6.92 Å². The van der Waals surface area contributed by atoms with Crippen molar-refractivity contribution in [2.45, 2.75) is 6.92 Å². The van der Waals surface area contributed by atoms with E-state index < -0.39 is 11.7 Å². The lowest BCUT2D eigenvalue weighted by Crippen LogP contribution is -2.31. The highest BCUT2D eigenvalue weighted by molar-refractivity contribution is 6.62. The van der Waals surface area contributed by atoms with E-state index in [2.05, 4.69) is 0 Å². The summed E-state index contributed by atoms with van der Waals surface area (Å²) in [6, 6.07) is 0. The molecule has 1 N–H and O–H groups in total. The zero-order valence-electron chi connectivity index (χ0n) is 5.85. The number of carbonyl (C=O) groups excluding carboxylic acids is 2. The molecule has 4 heteroatoms. The summed E-state index contributed by atoms with van der Waals surface area (Å²) < 4.78 is 0. The number of carbonyl (C=O) groups is 2. The van der Waals surface area contributed by atoms with Crippen molar-refractivity contribution >= 4 is 28.9 Å². The van der Waals surface area contributed by atoms with Crippen LogP contribution in [0.3, 0.4) is 0 Å². The zero-order valence-corrected chi connectivity index (χ0v) is 6.61. The number of Topliss-reactive ketones (excluding diaryl/α,β-unsaturated/α-hetero) is 1. The average molecular weight is 172 g/mol. The lowest BCUT2D eigenvalue weighted by molar-refractivity contribution is -0.118. The number of hydrogen-bond acceptors (Lipinski definition) is 3. The van der Waals surface area contributed by atoms with Crippen LogP contribution in [0.25, 0.3) is 0 Å². The maximum Gasteiger partial charge on any atom is 0.218 e. The molecule has 11 heavy (non-hydrogen) atoms. The molecule has 0 heterocycles. The standard InChI is InChI=1S/C7H6ClNO2/c1-3-5(10)2-4(8)7(11)6(3)9/h2-3,9H,1H3. The number of allylic oxidation sites excluding steroid dienone is 2. The highest BCUT2D eigenvalue weighted by Crippen LogP contribution is 2.16. The van der Waals surface area contributed by atoms with Crippen molar-refractivity contribution < 1.29 is 9.59 Å². The molecule has 0 spiro atoms. The summed E-state index contributed by atoms with van der Waals surface area (Å²) in [5.74, 6) is -1.46. The molecule has 3 nitrogen and oxygen atoms in total. The van der Waals surface area contributed by atoms with Crippen molar-refractivity contribution in [1.82, 2.24) is 0 Å². The minimum Gasteiger partial charge on any atom is -0.300 e. The van der Waals surface area contributed by atoms with Gasteiger partial charge in [-0.1, -0.05) is 11.6 Å². The number of halogens is 1. The summed E-state index contributed by atoms with van der Waals surface area (Å²) in [6.45, 7) is 1.52. The Bertz CT molecular complexity index is 280. The van der Waals surface area contributed by atoms with Crippen molar-refractivity contribution in [3.63, 3.8) is 0 Å². The highest BCUT2D eigenvalue weighted by Gasteiger charge is 2.29. The van der Waals surface area contributed by atoms with Crippen molar-refractivity contribution in [3.8, 4) is 0 Å². The summed E-state index contributed by atoms with van der Waals surface area (Å²) in [7, 11) is 0. The molecule has 0 saturated heterocycles. The largest absolute Gasteiger partial charge is 0.300 e. The number of hydrogen-bond donors (Lipinski definition) is 1. The van der Waals surface area contributed by atoms with Gasteiger partial charge in [0.05, 0.1) is 16.7 Å². The van der Waals surface area contributed by atoms with Crippen LogP contribution in [-0.4, -0.2) is 17.3 Å². The first-order chi connectivity index (χ1) is 5.04. The van der Waals surface area contributed by atoms with Gasteiger partial charge in [0, 0.05) is 6.08 Å². The topological polar surface area (TPSA) is 58.0 Å². The van der Waals surface area contributed by atoms with E-state index in [1.165, 1.54) is 6.92 Å². The van der Waals surface area contributed by atoms with Crippen LogP contribution in [0.2, 0.25) is 0 Å². The Balaban J connectivity index is 3.12. The molecule has 0 bridgehead atoms. The minimum atomic E-state index is -0.634. The fourth-order valence-electron chi connectivity index (χ4n) is 0.783. The van der Waals surface area contributed by atoms with E-state index >= 15 is 0 Å². The summed E-state index contributed by atoms with van der Waals surface area (Å²) >= 11 is 5.37. The molecule has 1 rings (SSSR count). The van der Waals surface area contributed by atoms with Gasteiger partial charge in [-0.15, -0.1) is 0 Å². The molecule has 0 aromatic heterocycles. The first-order valence-corrected chi connectivity index (χ1v) is 3.46. The molecule has 1 atom stereocenters. The van der Waals surface area contributed by atoms with E-state index in [1.807, 2.05) is 0 Å². The second-order valence-corrected chi connectivity index (χ2v) is 2.77. The van der Waals surface area contributed by atoms with Gasteiger partial charge in [0.2, 0.25) is 5.78 Å². The second-order valence-electron chi connectivity index (χ2n) is 2.36. The maximum absolute atomic E-state index is 10.9. The molecular formula is C7H6ClNO2. The fourth-order valence-corrected chi connectivity index (χ4v) is 0.992. The van der Waals surface area contributed by atoms with Crippen molar-refractivity contribution in [2.75, 3.05) is 0 Å². The summed E-state index contributed by atoms with van der Waals surface area (Å²) in [5, 5.41) is 7.01. The van der Waals surface area contributed by atoms with Crippen molar-refractivity contribution in [1.29, 1.82) is 5.41 Å². The third-order valence-corrected chi connectivity index (χ3v) is 1.87. The van der Waals surface area contributed by atoms with Crippen LogP contribution in [0, 0.1) is 11.3 Å². The van der Waals surface area contributed by atoms with E-state index in [0.29, 0.717) is 0 Å². The molecule has 1 aliphatic rings. The average Bonchev–Trinajstić information content (AvgIpc) is 1.97. The number of ketones is 2. The van der Waals surface area contributed by atoms with Gasteiger partial charge < -0.3 is 5.41 Å². The highest BCUT2D eigenvalue weighted by atomic mass is 35.5. The molecule has 0 fully saturated rings. The Morgan fingerprint density at radius 3 is 2.64 bits per heavy atom. The molecule has 0 saturated carbocycles. The monoisotopic (exact) mass is 171 g/mol. The van der Waals surface area contributed by atoms with E-state index in [0.717, 1.165) is 6.08 Å². The van der Waals surface area contributed by atoms with Crippen molar-refractivity contribution in [3.05, 3.63) is 11.1 Å². The van der Waals surface area contributed by atoms with Gasteiger partial charge in [0.1, 0.15) is 0 Å². The number of nitrogens with one attached hydrogen (secondary N) is 1. The quantitative estimate of drug-likeness (QED) is 0.589. The Hall–Kier alpha value is -0.960. The molecule has 58 valence electrons. The molecule has 1 aliphatic carbocycles. The summed E-state index contributed by atoms with van der Waals surface area (Å²) in [5.41, 5.74) is -0.220. The van der Waals surface area contributed by atoms with Crippen LogP contribution in [0.4, 0.5) is 0 Å². The summed E-state index contributed by atoms with van der Waals surface area (Å²) in [6.07, 6.45) is 1.08. The van der Waals surface area contributed by atoms with Crippen LogP contribution < -0.4 is 0 Å². The molecule has 0 amide bonds. The van der Waals surface area contributed by atoms with Gasteiger partial charge in [-0.05, 0) is 6.92 Å². The van der Waals surface area contributed by atoms with Crippen LogP contribution in [0.5, 0.6) is 0 Å².